The molecule has 0 bridgehead atoms. The summed E-state index contributed by atoms with van der Waals surface area (Å²) in [5, 5.41) is 4.06. The molecule has 0 amide bonds. The number of hydrogen-bond acceptors (Lipinski definition) is 14. The zero-order valence-electron chi connectivity index (χ0n) is 33.3. The zero-order valence-corrected chi connectivity index (χ0v) is 36.1. The molecule has 0 spiro atoms. The Hall–Kier alpha value is -4.44. The molecule has 7 aromatic rings. The molecule has 0 aliphatic carbocycles. The molecule has 0 saturated carbocycles. The number of benzene rings is 5. The molecule has 0 radical (unpaired) electrons. The SMILES string of the molecule is C[Si](C)(Op1oc2c(C3OCCO3)cccc2c2cccc(C3OCCO3)c2o1)c1ccccc1Op1oc2c(C3OCCO3)cccc2c2cccc(C3OCCO3)c2o1. The van der Waals surface area contributed by atoms with Crippen molar-refractivity contribution in [3.63, 3.8) is 0 Å². The van der Waals surface area contributed by atoms with E-state index in [2.05, 4.69) is 13.1 Å². The molecule has 4 aliphatic rings. The molecule has 4 saturated heterocycles. The Morgan fingerprint density at radius 1 is 0.410 bits per heavy atom. The Morgan fingerprint density at radius 3 is 1.10 bits per heavy atom. The van der Waals surface area contributed by atoms with Crippen molar-refractivity contribution >= 4 is 73.9 Å². The molecule has 5 aromatic carbocycles. The summed E-state index contributed by atoms with van der Waals surface area (Å²) in [6, 6.07) is 31.4. The van der Waals surface area contributed by atoms with Gasteiger partial charge in [0.15, 0.2) is 47.5 Å². The molecule has 316 valence electrons. The molecule has 4 fully saturated rings. The lowest BCUT2D eigenvalue weighted by Crippen LogP contribution is -2.47. The van der Waals surface area contributed by atoms with E-state index >= 15 is 0 Å². The highest BCUT2D eigenvalue weighted by atomic mass is 31.1. The van der Waals surface area contributed by atoms with E-state index in [1.165, 1.54) is 0 Å². The molecule has 61 heavy (non-hydrogen) atoms. The first kappa shape index (κ1) is 39.4. The molecule has 2 aromatic heterocycles. The minimum Gasteiger partial charge on any atom is -0.399 e. The van der Waals surface area contributed by atoms with Gasteiger partial charge < -0.3 is 63.4 Å². The van der Waals surface area contributed by atoms with E-state index in [-0.39, 0.29) is 0 Å². The lowest BCUT2D eigenvalue weighted by molar-refractivity contribution is -0.0437. The van der Waals surface area contributed by atoms with Crippen molar-refractivity contribution in [2.24, 2.45) is 0 Å². The average Bonchev–Trinajstić information content (AvgIpc) is 4.13. The summed E-state index contributed by atoms with van der Waals surface area (Å²) < 4.78 is 89.1. The standard InChI is InChI=1S/C44H42O14P2Si/c1-61(2,58-60-56-39-29(11-7-15-33(39)43-49-23-24-50-43)30-12-8-16-34(40(30)57-60)44-51-25-26-52-44)36-18-4-3-17-35(36)53-59-54-37-27(9-5-13-31(37)41-45-19-20-46-41)28-10-6-14-32(38(28)55-59)42-47-21-22-48-42/h3-18,41-44H,19-26H2,1-2H3. The first-order chi connectivity index (χ1) is 30.0. The molecule has 14 nitrogen and oxygen atoms in total. The van der Waals surface area contributed by atoms with Gasteiger partial charge in [0.05, 0.1) is 75.1 Å². The minimum absolute atomic E-state index is 0.473. The quantitative estimate of drug-likeness (QED) is 0.127. The van der Waals surface area contributed by atoms with Gasteiger partial charge in [-0.15, -0.1) is 0 Å². The normalized spacial score (nSPS) is 18.4. The first-order valence-corrected chi connectivity index (χ1v) is 25.3. The van der Waals surface area contributed by atoms with E-state index in [0.717, 1.165) is 49.0 Å². The van der Waals surface area contributed by atoms with Gasteiger partial charge in [-0.1, -0.05) is 91.0 Å². The van der Waals surface area contributed by atoms with Crippen LogP contribution in [-0.4, -0.2) is 61.2 Å². The Balaban J connectivity index is 1.05. The van der Waals surface area contributed by atoms with E-state index in [1.54, 1.807) is 0 Å². The summed E-state index contributed by atoms with van der Waals surface area (Å²) in [4.78, 5) is 0. The monoisotopic (exact) mass is 884 g/mol. The van der Waals surface area contributed by atoms with Gasteiger partial charge in [-0.2, -0.15) is 0 Å². The third-order valence-corrected chi connectivity index (χ3v) is 16.7. The zero-order chi connectivity index (χ0) is 40.9. The van der Waals surface area contributed by atoms with E-state index in [1.807, 2.05) is 97.1 Å². The van der Waals surface area contributed by atoms with E-state index in [9.17, 15) is 0 Å². The molecule has 0 unspecified atom stereocenters. The molecule has 11 rings (SSSR count). The van der Waals surface area contributed by atoms with Gasteiger partial charge in [0.25, 0.3) is 0 Å². The van der Waals surface area contributed by atoms with Crippen LogP contribution in [0.1, 0.15) is 47.4 Å². The van der Waals surface area contributed by atoms with Crippen LogP contribution in [0.25, 0.3) is 43.9 Å². The van der Waals surface area contributed by atoms with Gasteiger partial charge in [-0.3, -0.25) is 0 Å². The molecule has 17 heteroatoms. The van der Waals surface area contributed by atoms with Crippen LogP contribution in [0.3, 0.4) is 0 Å². The molecule has 0 atom stereocenters. The Morgan fingerprint density at radius 2 is 0.738 bits per heavy atom. The predicted molar refractivity (Wildman–Crippen MR) is 227 cm³/mol. The smallest absolute Gasteiger partial charge is 0.399 e. The second-order valence-electron chi connectivity index (χ2n) is 15.2. The van der Waals surface area contributed by atoms with Crippen LogP contribution in [0.4, 0.5) is 0 Å². The van der Waals surface area contributed by atoms with Crippen molar-refractivity contribution in [3.05, 3.63) is 119 Å². The van der Waals surface area contributed by atoms with Crippen LogP contribution < -0.4 is 13.9 Å². The van der Waals surface area contributed by atoms with Gasteiger partial charge in [0.1, 0.15) is 5.75 Å². The van der Waals surface area contributed by atoms with Crippen LogP contribution in [0.15, 0.2) is 114 Å². The van der Waals surface area contributed by atoms with Crippen LogP contribution in [-0.2, 0) is 37.9 Å². The molecule has 6 heterocycles. The Labute approximate surface area is 352 Å². The maximum Gasteiger partial charge on any atom is 0.453 e. The number of fused-ring (bicyclic) bond motifs is 6. The fourth-order valence-corrected chi connectivity index (χ4v) is 13.5. The highest BCUT2D eigenvalue weighted by molar-refractivity contribution is 7.35. The Bertz CT molecular complexity index is 2660. The summed E-state index contributed by atoms with van der Waals surface area (Å²) in [5.74, 6) is 0.527. The second kappa shape index (κ2) is 16.7. The van der Waals surface area contributed by atoms with Gasteiger partial charge >= 0.3 is 16.5 Å². The molecular formula is C44H42O14P2Si. The fourth-order valence-electron chi connectivity index (χ4n) is 8.14. The summed E-state index contributed by atoms with van der Waals surface area (Å²) in [5.41, 5.74) is 5.20. The maximum absolute atomic E-state index is 7.11. The van der Waals surface area contributed by atoms with Crippen LogP contribution >= 0.6 is 16.5 Å². The van der Waals surface area contributed by atoms with Gasteiger partial charge in [0, 0.05) is 26.7 Å². The third kappa shape index (κ3) is 7.52. The van der Waals surface area contributed by atoms with E-state index in [0.29, 0.717) is 80.9 Å². The van der Waals surface area contributed by atoms with Crippen molar-refractivity contribution in [2.45, 2.75) is 38.3 Å². The summed E-state index contributed by atoms with van der Waals surface area (Å²) in [7, 11) is -7.28. The minimum atomic E-state index is -3.03. The molecular weight excluding hydrogens is 843 g/mol. The topological polar surface area (TPSA) is 145 Å². The maximum atomic E-state index is 7.11. The van der Waals surface area contributed by atoms with Crippen molar-refractivity contribution in [2.75, 3.05) is 52.9 Å². The molecule has 4 aliphatic heterocycles. The number of para-hydroxylation sites is 5. The fraction of sp³-hybridized carbons (Fsp3) is 0.318. The summed E-state index contributed by atoms with van der Waals surface area (Å²) >= 11 is 0. The van der Waals surface area contributed by atoms with Crippen LogP contribution in [0.2, 0.25) is 13.1 Å². The number of rotatable bonds is 9. The third-order valence-electron chi connectivity index (χ3n) is 10.9. The first-order valence-electron chi connectivity index (χ1n) is 20.2. The lowest BCUT2D eigenvalue weighted by atomic mass is 10.0. The van der Waals surface area contributed by atoms with Crippen LogP contribution in [0, 0.1) is 0 Å². The van der Waals surface area contributed by atoms with Gasteiger partial charge in [0.2, 0.25) is 8.32 Å². The summed E-state index contributed by atoms with van der Waals surface area (Å²) in [6.45, 7) is 7.95. The predicted octanol–water partition coefficient (Wildman–Crippen LogP) is 10.5. The Kier molecular flexibility index (Phi) is 10.8. The van der Waals surface area contributed by atoms with Crippen LogP contribution in [0.5, 0.6) is 5.75 Å². The van der Waals surface area contributed by atoms with Gasteiger partial charge in [-0.05, 0) is 19.2 Å². The largest absolute Gasteiger partial charge is 0.453 e. The van der Waals surface area contributed by atoms with Crippen molar-refractivity contribution < 1.29 is 63.4 Å². The molecule has 0 N–H and O–H groups in total. The lowest BCUT2D eigenvalue weighted by Gasteiger charge is -2.22. The van der Waals surface area contributed by atoms with E-state index < -0.39 is 50.0 Å². The highest BCUT2D eigenvalue weighted by Crippen LogP contribution is 2.45. The van der Waals surface area contributed by atoms with Crippen molar-refractivity contribution in [1.82, 2.24) is 0 Å². The number of hydrogen-bond donors (Lipinski definition) is 0. The summed E-state index contributed by atoms with van der Waals surface area (Å²) in [6.07, 6.45) is -2.42. The van der Waals surface area contributed by atoms with E-state index in [4.69, 9.17) is 63.4 Å². The number of ether oxygens (including phenoxy) is 8. The highest BCUT2D eigenvalue weighted by Gasteiger charge is 2.35. The van der Waals surface area contributed by atoms with Crippen molar-refractivity contribution in [3.8, 4) is 5.75 Å². The average molecular weight is 885 g/mol. The second-order valence-corrected chi connectivity index (χ2v) is 21.3. The van der Waals surface area contributed by atoms with Gasteiger partial charge in [-0.25, -0.2) is 0 Å². The van der Waals surface area contributed by atoms with Crippen molar-refractivity contribution in [1.29, 1.82) is 0 Å².